The largest absolute Gasteiger partial charge is 0.494 e. The van der Waals surface area contributed by atoms with E-state index in [0.717, 1.165) is 6.07 Å². The summed E-state index contributed by atoms with van der Waals surface area (Å²) in [5.41, 5.74) is 5.73. The van der Waals surface area contributed by atoms with Gasteiger partial charge in [-0.25, -0.2) is 4.39 Å². The summed E-state index contributed by atoms with van der Waals surface area (Å²) in [6.45, 7) is 1.65. The van der Waals surface area contributed by atoms with Crippen molar-refractivity contribution in [2.24, 2.45) is 5.73 Å². The number of amides is 1. The van der Waals surface area contributed by atoms with Gasteiger partial charge in [-0.3, -0.25) is 4.79 Å². The van der Waals surface area contributed by atoms with E-state index in [4.69, 9.17) is 15.6 Å². The summed E-state index contributed by atoms with van der Waals surface area (Å²) in [4.78, 5) is 11.7. The van der Waals surface area contributed by atoms with E-state index in [1.54, 1.807) is 0 Å². The molecule has 0 saturated carbocycles. The van der Waals surface area contributed by atoms with E-state index in [2.05, 4.69) is 5.32 Å². The Hall–Kier alpha value is -1.66. The molecule has 0 aliphatic heterocycles. The number of nitrogens with two attached hydrogens (primary N) is 1. The molecule has 1 rings (SSSR count). The Balaban J connectivity index is 2.65. The number of carbonyl (C=O) groups excluding carboxylic acids is 1. The minimum absolute atomic E-state index is 0.0761. The molecule has 1 aromatic rings. The molecule has 100 valence electrons. The maximum atomic E-state index is 13.4. The Morgan fingerprint density at radius 3 is 2.78 bits per heavy atom. The second kappa shape index (κ2) is 6.32. The van der Waals surface area contributed by atoms with Gasteiger partial charge in [-0.15, -0.1) is 0 Å². The summed E-state index contributed by atoms with van der Waals surface area (Å²) in [6, 6.07) is 3.35. The lowest BCUT2D eigenvalue weighted by Gasteiger charge is -2.15. The van der Waals surface area contributed by atoms with Crippen molar-refractivity contribution >= 4 is 5.91 Å². The Morgan fingerprint density at radius 1 is 1.61 bits per heavy atom. The maximum Gasteiger partial charge on any atom is 0.251 e. The molecule has 6 heteroatoms. The number of aliphatic hydroxyl groups excluding tert-OH is 1. The molecule has 4 N–H and O–H groups in total. The van der Waals surface area contributed by atoms with E-state index in [-0.39, 0.29) is 17.9 Å². The number of ether oxygens (including phenoxy) is 1. The van der Waals surface area contributed by atoms with Gasteiger partial charge in [-0.1, -0.05) is 0 Å². The molecule has 0 radical (unpaired) electrons. The molecule has 0 aliphatic carbocycles. The van der Waals surface area contributed by atoms with Crippen molar-refractivity contribution in [2.45, 2.75) is 19.1 Å². The second-order valence-electron chi connectivity index (χ2n) is 3.96. The lowest BCUT2D eigenvalue weighted by molar-refractivity contribution is 0.0937. The van der Waals surface area contributed by atoms with Crippen LogP contribution in [0.25, 0.3) is 0 Å². The highest BCUT2D eigenvalue weighted by atomic mass is 19.1. The van der Waals surface area contributed by atoms with Crippen LogP contribution in [0.15, 0.2) is 18.2 Å². The van der Waals surface area contributed by atoms with Gasteiger partial charge in [0.1, 0.15) is 0 Å². The fraction of sp³-hybridized carbons (Fsp3) is 0.417. The SMILES string of the molecule is COc1ccc(C(=O)NCC(N)C(C)O)cc1F. The van der Waals surface area contributed by atoms with E-state index >= 15 is 0 Å². The second-order valence-corrected chi connectivity index (χ2v) is 3.96. The van der Waals surface area contributed by atoms with E-state index in [9.17, 15) is 9.18 Å². The van der Waals surface area contributed by atoms with E-state index < -0.39 is 23.9 Å². The number of benzene rings is 1. The van der Waals surface area contributed by atoms with Gasteiger partial charge in [-0.05, 0) is 25.1 Å². The van der Waals surface area contributed by atoms with Crippen LogP contribution in [0.3, 0.4) is 0 Å². The molecule has 1 aromatic carbocycles. The standard InChI is InChI=1S/C12H17FN2O3/c1-7(16)10(14)6-15-12(17)8-3-4-11(18-2)9(13)5-8/h3-5,7,10,16H,6,14H2,1-2H3,(H,15,17). The first-order valence-electron chi connectivity index (χ1n) is 5.51. The van der Waals surface area contributed by atoms with Crippen molar-refractivity contribution in [1.29, 1.82) is 0 Å². The monoisotopic (exact) mass is 256 g/mol. The van der Waals surface area contributed by atoms with Crippen molar-refractivity contribution in [1.82, 2.24) is 5.32 Å². The summed E-state index contributed by atoms with van der Waals surface area (Å²) >= 11 is 0. The van der Waals surface area contributed by atoms with Crippen LogP contribution >= 0.6 is 0 Å². The molecular weight excluding hydrogens is 239 g/mol. The predicted molar refractivity (Wildman–Crippen MR) is 64.9 cm³/mol. The van der Waals surface area contributed by atoms with E-state index in [1.807, 2.05) is 0 Å². The Bertz CT molecular complexity index is 424. The topological polar surface area (TPSA) is 84.6 Å². The van der Waals surface area contributed by atoms with Crippen LogP contribution in [0.2, 0.25) is 0 Å². The third-order valence-electron chi connectivity index (χ3n) is 2.53. The van der Waals surface area contributed by atoms with Gasteiger partial charge in [0.25, 0.3) is 5.91 Å². The van der Waals surface area contributed by atoms with Gasteiger partial charge in [0.05, 0.1) is 13.2 Å². The van der Waals surface area contributed by atoms with Gasteiger partial charge in [0, 0.05) is 18.2 Å². The van der Waals surface area contributed by atoms with Crippen LogP contribution in [0.4, 0.5) is 4.39 Å². The van der Waals surface area contributed by atoms with Crippen LogP contribution in [-0.4, -0.2) is 36.8 Å². The lowest BCUT2D eigenvalue weighted by atomic mass is 10.1. The molecule has 0 aromatic heterocycles. The van der Waals surface area contributed by atoms with Crippen molar-refractivity contribution in [3.05, 3.63) is 29.6 Å². The first-order chi connectivity index (χ1) is 8.45. The fourth-order valence-electron chi connectivity index (χ4n) is 1.29. The third kappa shape index (κ3) is 3.68. The van der Waals surface area contributed by atoms with E-state index in [1.165, 1.54) is 26.2 Å². The third-order valence-corrected chi connectivity index (χ3v) is 2.53. The minimum atomic E-state index is -0.724. The lowest BCUT2D eigenvalue weighted by Crippen LogP contribution is -2.43. The smallest absolute Gasteiger partial charge is 0.251 e. The maximum absolute atomic E-state index is 13.4. The number of carbonyl (C=O) groups is 1. The molecule has 0 fully saturated rings. The van der Waals surface area contributed by atoms with Crippen LogP contribution in [0, 0.1) is 5.82 Å². The Kier molecular flexibility index (Phi) is 5.06. The quantitative estimate of drug-likeness (QED) is 0.706. The molecule has 1 amide bonds. The molecule has 0 saturated heterocycles. The molecule has 0 bridgehead atoms. The van der Waals surface area contributed by atoms with Crippen LogP contribution in [0.1, 0.15) is 17.3 Å². The van der Waals surface area contributed by atoms with Crippen LogP contribution < -0.4 is 15.8 Å². The highest BCUT2D eigenvalue weighted by molar-refractivity contribution is 5.94. The van der Waals surface area contributed by atoms with Gasteiger partial charge in [-0.2, -0.15) is 0 Å². The summed E-state index contributed by atoms with van der Waals surface area (Å²) in [7, 11) is 1.35. The molecule has 2 unspecified atom stereocenters. The summed E-state index contributed by atoms with van der Waals surface area (Å²) in [6.07, 6.45) is -0.724. The first-order valence-corrected chi connectivity index (χ1v) is 5.51. The minimum Gasteiger partial charge on any atom is -0.494 e. The van der Waals surface area contributed by atoms with Gasteiger partial charge >= 0.3 is 0 Å². The van der Waals surface area contributed by atoms with Gasteiger partial charge in [0.15, 0.2) is 11.6 Å². The molecule has 2 atom stereocenters. The summed E-state index contributed by atoms with van der Waals surface area (Å²) in [5, 5.41) is 11.7. The molecule has 5 nitrogen and oxygen atoms in total. The highest BCUT2D eigenvalue weighted by Gasteiger charge is 2.13. The zero-order valence-electron chi connectivity index (χ0n) is 10.3. The van der Waals surface area contributed by atoms with Gasteiger partial charge < -0.3 is 20.9 Å². The van der Waals surface area contributed by atoms with Crippen molar-refractivity contribution in [3.63, 3.8) is 0 Å². The molecular formula is C12H17FN2O3. The number of rotatable bonds is 5. The average molecular weight is 256 g/mol. The molecule has 0 aliphatic rings. The van der Waals surface area contributed by atoms with E-state index in [0.29, 0.717) is 0 Å². The Labute approximate surface area is 105 Å². The zero-order valence-corrected chi connectivity index (χ0v) is 10.3. The molecule has 0 spiro atoms. The van der Waals surface area contributed by atoms with Crippen molar-refractivity contribution < 1.29 is 19.0 Å². The number of methoxy groups -OCH3 is 1. The number of halogens is 1. The first kappa shape index (κ1) is 14.4. The number of hydrogen-bond donors (Lipinski definition) is 3. The Morgan fingerprint density at radius 2 is 2.28 bits per heavy atom. The number of aliphatic hydroxyl groups is 1. The number of nitrogens with one attached hydrogen (secondary N) is 1. The zero-order chi connectivity index (χ0) is 13.7. The fourth-order valence-corrected chi connectivity index (χ4v) is 1.29. The predicted octanol–water partition coefficient (Wildman–Crippen LogP) is 0.272. The van der Waals surface area contributed by atoms with Gasteiger partial charge in [0.2, 0.25) is 0 Å². The molecule has 18 heavy (non-hydrogen) atoms. The highest BCUT2D eigenvalue weighted by Crippen LogP contribution is 2.17. The summed E-state index contributed by atoms with van der Waals surface area (Å²) in [5.74, 6) is -0.982. The van der Waals surface area contributed by atoms with Crippen molar-refractivity contribution in [3.8, 4) is 5.75 Å². The summed E-state index contributed by atoms with van der Waals surface area (Å²) < 4.78 is 18.1. The van der Waals surface area contributed by atoms with Crippen molar-refractivity contribution in [2.75, 3.05) is 13.7 Å². The average Bonchev–Trinajstić information content (AvgIpc) is 2.35. The van der Waals surface area contributed by atoms with Crippen LogP contribution in [-0.2, 0) is 0 Å². The number of hydrogen-bond acceptors (Lipinski definition) is 4. The normalized spacial score (nSPS) is 13.8. The molecule has 0 heterocycles. The van der Waals surface area contributed by atoms with Crippen LogP contribution in [0.5, 0.6) is 5.75 Å².